The van der Waals surface area contributed by atoms with Crippen LogP contribution in [0.15, 0.2) is 36.7 Å². The maximum atomic E-state index is 11.9. The molecule has 0 spiro atoms. The highest BCUT2D eigenvalue weighted by Gasteiger charge is 2.16. The molecular weight excluding hydrogens is 280 g/mol. The normalized spacial score (nSPS) is 13.6. The number of methoxy groups -OCH3 is 1. The van der Waals surface area contributed by atoms with E-state index in [9.17, 15) is 4.79 Å². The molecule has 2 atom stereocenters. The Morgan fingerprint density at radius 2 is 2.09 bits per heavy atom. The highest BCUT2D eigenvalue weighted by atomic mass is 16.5. The van der Waals surface area contributed by atoms with Crippen molar-refractivity contribution in [1.82, 2.24) is 14.9 Å². The van der Waals surface area contributed by atoms with Crippen molar-refractivity contribution in [1.29, 1.82) is 0 Å². The zero-order valence-corrected chi connectivity index (χ0v) is 13.1. The summed E-state index contributed by atoms with van der Waals surface area (Å²) in [5.74, 6) is 0.712. The van der Waals surface area contributed by atoms with Crippen LogP contribution in [0.3, 0.4) is 0 Å². The Hall–Kier alpha value is -2.18. The van der Waals surface area contributed by atoms with Gasteiger partial charge in [-0.25, -0.2) is 4.98 Å². The minimum atomic E-state index is -0.652. The van der Waals surface area contributed by atoms with Crippen LogP contribution in [0.2, 0.25) is 0 Å². The van der Waals surface area contributed by atoms with E-state index < -0.39 is 6.04 Å². The third kappa shape index (κ3) is 3.72. The minimum Gasteiger partial charge on any atom is -0.383 e. The molecule has 22 heavy (non-hydrogen) atoms. The van der Waals surface area contributed by atoms with Gasteiger partial charge < -0.3 is 20.4 Å². The number of nitrogens with zero attached hydrogens (tertiary/aromatic N) is 2. The average molecular weight is 302 g/mol. The van der Waals surface area contributed by atoms with E-state index in [1.54, 1.807) is 6.20 Å². The first-order chi connectivity index (χ1) is 10.5. The molecule has 2 rings (SSSR count). The van der Waals surface area contributed by atoms with Crippen molar-refractivity contribution in [3.05, 3.63) is 48.0 Å². The molecular formula is C16H22N4O2. The number of amides is 1. The highest BCUT2D eigenvalue weighted by molar-refractivity contribution is 5.82. The van der Waals surface area contributed by atoms with Gasteiger partial charge in [0.25, 0.3) is 0 Å². The number of ether oxygens (including phenoxy) is 1. The lowest BCUT2D eigenvalue weighted by Crippen LogP contribution is -2.44. The molecule has 0 aliphatic rings. The molecule has 1 aromatic carbocycles. The number of imidazole rings is 1. The lowest BCUT2D eigenvalue weighted by Gasteiger charge is -2.18. The fraction of sp³-hybridized carbons (Fsp3) is 0.375. The lowest BCUT2D eigenvalue weighted by atomic mass is 10.1. The maximum absolute atomic E-state index is 11.9. The molecule has 1 amide bonds. The second-order valence-corrected chi connectivity index (χ2v) is 5.23. The van der Waals surface area contributed by atoms with E-state index in [2.05, 4.69) is 10.3 Å². The molecule has 6 nitrogen and oxygen atoms in total. The van der Waals surface area contributed by atoms with Gasteiger partial charge in [0.05, 0.1) is 12.6 Å². The number of nitrogens with two attached hydrogens (primary N) is 1. The second kappa shape index (κ2) is 7.20. The number of carbonyl (C=O) groups excluding carboxylic acids is 1. The van der Waals surface area contributed by atoms with Crippen molar-refractivity contribution in [2.45, 2.75) is 25.9 Å². The fourth-order valence-corrected chi connectivity index (χ4v) is 2.23. The molecule has 1 heterocycles. The molecule has 0 bridgehead atoms. The van der Waals surface area contributed by atoms with Gasteiger partial charge in [0.15, 0.2) is 0 Å². The largest absolute Gasteiger partial charge is 0.383 e. The number of rotatable bonds is 6. The van der Waals surface area contributed by atoms with Crippen LogP contribution in [0.5, 0.6) is 0 Å². The van der Waals surface area contributed by atoms with Crippen molar-refractivity contribution < 1.29 is 9.53 Å². The molecule has 0 fully saturated rings. The molecule has 0 aliphatic heterocycles. The number of aromatic nitrogens is 2. The molecule has 2 unspecified atom stereocenters. The van der Waals surface area contributed by atoms with Crippen LogP contribution in [0.1, 0.15) is 24.4 Å². The summed E-state index contributed by atoms with van der Waals surface area (Å²) in [6.45, 7) is 4.08. The lowest BCUT2D eigenvalue weighted by molar-refractivity contribution is -0.124. The minimum absolute atomic E-state index is 0.117. The maximum Gasteiger partial charge on any atom is 0.239 e. The molecule has 0 aliphatic carbocycles. The quantitative estimate of drug-likeness (QED) is 0.843. The molecule has 6 heteroatoms. The summed E-state index contributed by atoms with van der Waals surface area (Å²) >= 11 is 0. The van der Waals surface area contributed by atoms with Crippen LogP contribution >= 0.6 is 0 Å². The van der Waals surface area contributed by atoms with Crippen LogP contribution in [-0.2, 0) is 9.53 Å². The predicted octanol–water partition coefficient (Wildman–Crippen LogP) is 1.33. The van der Waals surface area contributed by atoms with Crippen molar-refractivity contribution in [2.75, 3.05) is 13.7 Å². The van der Waals surface area contributed by atoms with Crippen molar-refractivity contribution in [3.8, 4) is 5.69 Å². The van der Waals surface area contributed by atoms with Crippen molar-refractivity contribution in [3.63, 3.8) is 0 Å². The number of hydrogen-bond acceptors (Lipinski definition) is 4. The molecule has 118 valence electrons. The van der Waals surface area contributed by atoms with Crippen molar-refractivity contribution in [2.24, 2.45) is 5.73 Å². The average Bonchev–Trinajstić information content (AvgIpc) is 2.93. The molecule has 0 saturated heterocycles. The SMILES string of the molecule is COCC(N)C(=O)NC(C)c1ccc(-n2ccnc2C)cc1. The van der Waals surface area contributed by atoms with Gasteiger partial charge in [-0.15, -0.1) is 0 Å². The van der Waals surface area contributed by atoms with E-state index in [1.165, 1.54) is 7.11 Å². The van der Waals surface area contributed by atoms with E-state index >= 15 is 0 Å². The zero-order valence-electron chi connectivity index (χ0n) is 13.1. The third-order valence-electron chi connectivity index (χ3n) is 3.54. The van der Waals surface area contributed by atoms with E-state index in [-0.39, 0.29) is 18.6 Å². The molecule has 2 aromatic rings. The topological polar surface area (TPSA) is 82.2 Å². The van der Waals surface area contributed by atoms with Gasteiger partial charge in [0.2, 0.25) is 5.91 Å². The first-order valence-electron chi connectivity index (χ1n) is 7.18. The summed E-state index contributed by atoms with van der Waals surface area (Å²) < 4.78 is 6.89. The predicted molar refractivity (Wildman–Crippen MR) is 84.7 cm³/mol. The van der Waals surface area contributed by atoms with E-state index in [1.807, 2.05) is 48.9 Å². The molecule has 0 radical (unpaired) electrons. The highest BCUT2D eigenvalue weighted by Crippen LogP contribution is 2.16. The van der Waals surface area contributed by atoms with Gasteiger partial charge in [-0.05, 0) is 31.5 Å². The first kappa shape index (κ1) is 16.2. The Morgan fingerprint density at radius 3 is 2.64 bits per heavy atom. The summed E-state index contributed by atoms with van der Waals surface area (Å²) in [5.41, 5.74) is 7.76. The summed E-state index contributed by atoms with van der Waals surface area (Å²) in [6.07, 6.45) is 3.68. The van der Waals surface area contributed by atoms with Gasteiger partial charge >= 0.3 is 0 Å². The molecule has 3 N–H and O–H groups in total. The third-order valence-corrected chi connectivity index (χ3v) is 3.54. The van der Waals surface area contributed by atoms with Gasteiger partial charge in [-0.1, -0.05) is 12.1 Å². The number of aryl methyl sites for hydroxylation is 1. The van der Waals surface area contributed by atoms with Crippen LogP contribution in [0.4, 0.5) is 0 Å². The van der Waals surface area contributed by atoms with Crippen molar-refractivity contribution >= 4 is 5.91 Å². The number of hydrogen-bond donors (Lipinski definition) is 2. The second-order valence-electron chi connectivity index (χ2n) is 5.23. The monoisotopic (exact) mass is 302 g/mol. The number of benzene rings is 1. The van der Waals surface area contributed by atoms with Crippen LogP contribution in [0, 0.1) is 6.92 Å². The zero-order chi connectivity index (χ0) is 16.1. The molecule has 0 saturated carbocycles. The number of nitrogens with one attached hydrogen (secondary N) is 1. The Bertz CT molecular complexity index is 621. The standard InChI is InChI=1S/C16H22N4O2/c1-11(19-16(21)15(17)10-22-3)13-4-6-14(7-5-13)20-9-8-18-12(20)2/h4-9,11,15H,10,17H2,1-3H3,(H,19,21). The smallest absolute Gasteiger partial charge is 0.239 e. The first-order valence-corrected chi connectivity index (χ1v) is 7.18. The Morgan fingerprint density at radius 1 is 1.41 bits per heavy atom. The summed E-state index contributed by atoms with van der Waals surface area (Å²) in [5, 5.41) is 2.88. The van der Waals surface area contributed by atoms with Gasteiger partial charge in [0, 0.05) is 25.2 Å². The van der Waals surface area contributed by atoms with Crippen LogP contribution < -0.4 is 11.1 Å². The van der Waals surface area contributed by atoms with E-state index in [0.717, 1.165) is 17.1 Å². The van der Waals surface area contributed by atoms with E-state index in [0.29, 0.717) is 0 Å². The summed E-state index contributed by atoms with van der Waals surface area (Å²) in [4.78, 5) is 16.1. The van der Waals surface area contributed by atoms with Gasteiger partial charge in [0.1, 0.15) is 11.9 Å². The Balaban J connectivity index is 2.04. The Kier molecular flexibility index (Phi) is 5.30. The van der Waals surface area contributed by atoms with E-state index in [4.69, 9.17) is 10.5 Å². The van der Waals surface area contributed by atoms with Gasteiger partial charge in [-0.3, -0.25) is 4.79 Å². The van der Waals surface area contributed by atoms with Crippen LogP contribution in [0.25, 0.3) is 5.69 Å². The summed E-state index contributed by atoms with van der Waals surface area (Å²) in [7, 11) is 1.52. The van der Waals surface area contributed by atoms with Gasteiger partial charge in [-0.2, -0.15) is 0 Å². The Labute approximate surface area is 130 Å². The molecule has 1 aromatic heterocycles. The summed E-state index contributed by atoms with van der Waals surface area (Å²) in [6, 6.07) is 7.21. The fourth-order valence-electron chi connectivity index (χ4n) is 2.23. The van der Waals surface area contributed by atoms with Crippen LogP contribution in [-0.4, -0.2) is 35.2 Å². The number of carbonyl (C=O) groups is 1.